The first-order valence-corrected chi connectivity index (χ1v) is 2.90. The van der Waals surface area contributed by atoms with Crippen LogP contribution >= 0.6 is 0 Å². The zero-order valence-electron chi connectivity index (χ0n) is 5.78. The molecule has 0 aromatic heterocycles. The van der Waals surface area contributed by atoms with Crippen molar-refractivity contribution in [3.05, 3.63) is 18.8 Å². The van der Waals surface area contributed by atoms with Crippen LogP contribution in [0.5, 0.6) is 0 Å². The van der Waals surface area contributed by atoms with Gasteiger partial charge in [0.05, 0.1) is 0 Å². The molecule has 10 heavy (non-hydrogen) atoms. The highest BCUT2D eigenvalue weighted by Crippen LogP contribution is 2.07. The van der Waals surface area contributed by atoms with Crippen molar-refractivity contribution in [1.29, 1.82) is 0 Å². The van der Waals surface area contributed by atoms with Crippen LogP contribution in [0.3, 0.4) is 0 Å². The van der Waals surface area contributed by atoms with Crippen molar-refractivity contribution >= 4 is 5.84 Å². The van der Waals surface area contributed by atoms with E-state index in [0.717, 1.165) is 5.57 Å². The van der Waals surface area contributed by atoms with E-state index in [4.69, 9.17) is 10.8 Å². The van der Waals surface area contributed by atoms with E-state index in [-0.39, 0.29) is 0 Å². The summed E-state index contributed by atoms with van der Waals surface area (Å²) in [5, 5.41) is 9.02. The highest BCUT2D eigenvalue weighted by molar-refractivity contribution is 5.96. The Morgan fingerprint density at radius 1 is 1.90 bits per heavy atom. The quantitative estimate of drug-likeness (QED) is 0.482. The predicted molar refractivity (Wildman–Crippen MR) is 38.6 cm³/mol. The summed E-state index contributed by atoms with van der Waals surface area (Å²) in [6, 6.07) is 0. The van der Waals surface area contributed by atoms with Crippen molar-refractivity contribution in [3.8, 4) is 0 Å². The smallest absolute Gasteiger partial charge is 0.227 e. The molecule has 0 saturated carbocycles. The van der Waals surface area contributed by atoms with Crippen molar-refractivity contribution < 1.29 is 5.11 Å². The molecule has 1 heterocycles. The molecule has 4 nitrogen and oxygen atoms in total. The molecule has 55 valence electrons. The highest BCUT2D eigenvalue weighted by atomic mass is 16.3. The van der Waals surface area contributed by atoms with Crippen LogP contribution in [-0.4, -0.2) is 22.2 Å². The van der Waals surface area contributed by atoms with Crippen LogP contribution in [0.2, 0.25) is 0 Å². The second-order valence-corrected chi connectivity index (χ2v) is 2.19. The zero-order chi connectivity index (χ0) is 7.72. The molecule has 0 amide bonds. The maximum Gasteiger partial charge on any atom is 0.227 e. The van der Waals surface area contributed by atoms with Crippen molar-refractivity contribution in [2.75, 3.05) is 0 Å². The molecule has 3 N–H and O–H groups in total. The van der Waals surface area contributed by atoms with Gasteiger partial charge in [-0.2, -0.15) is 0 Å². The molecule has 0 aromatic carbocycles. The summed E-state index contributed by atoms with van der Waals surface area (Å²) < 4.78 is 0. The monoisotopic (exact) mass is 140 g/mol. The Hall–Kier alpha value is -1.03. The average molecular weight is 140 g/mol. The average Bonchev–Trinajstić information content (AvgIpc) is 1.84. The highest BCUT2D eigenvalue weighted by Gasteiger charge is 2.12. The molecule has 0 saturated heterocycles. The van der Waals surface area contributed by atoms with Gasteiger partial charge in [0.2, 0.25) is 6.35 Å². The fourth-order valence-electron chi connectivity index (χ4n) is 0.682. The summed E-state index contributed by atoms with van der Waals surface area (Å²) in [4.78, 5) is 5.03. The fourth-order valence-corrected chi connectivity index (χ4v) is 0.682. The number of hydrogen-bond acceptors (Lipinski definition) is 4. The molecule has 0 aromatic rings. The normalized spacial score (nSPS) is 25.9. The van der Waals surface area contributed by atoms with Gasteiger partial charge in [-0.25, -0.2) is 4.99 Å². The largest absolute Gasteiger partial charge is 0.384 e. The van der Waals surface area contributed by atoms with Crippen molar-refractivity contribution in [2.45, 2.75) is 13.3 Å². The molecule has 1 aliphatic heterocycles. The van der Waals surface area contributed by atoms with Crippen LogP contribution in [0.1, 0.15) is 6.92 Å². The van der Waals surface area contributed by atoms with Gasteiger partial charge in [-0.15, -0.1) is 0 Å². The van der Waals surface area contributed by atoms with Gasteiger partial charge in [0.1, 0.15) is 5.84 Å². The number of aliphatic imine (C=N–C) groups is 1. The van der Waals surface area contributed by atoms with Crippen LogP contribution in [0.25, 0.3) is 0 Å². The molecule has 1 aliphatic rings. The van der Waals surface area contributed by atoms with Crippen molar-refractivity contribution in [1.82, 2.24) is 4.90 Å². The lowest BCUT2D eigenvalue weighted by molar-refractivity contribution is 0.0726. The first-order chi connectivity index (χ1) is 4.61. The lowest BCUT2D eigenvalue weighted by atomic mass is 10.3. The molecule has 1 radical (unpaired) electrons. The first kappa shape index (κ1) is 7.08. The summed E-state index contributed by atoms with van der Waals surface area (Å²) in [6.45, 7) is 1.81. The Morgan fingerprint density at radius 3 is 3.00 bits per heavy atom. The van der Waals surface area contributed by atoms with Crippen LogP contribution in [0.15, 0.2) is 16.8 Å². The number of aliphatic hydroxyl groups is 1. The Bertz CT molecular complexity index is 175. The Balaban J connectivity index is 2.83. The second-order valence-electron chi connectivity index (χ2n) is 2.19. The molecule has 1 atom stereocenters. The van der Waals surface area contributed by atoms with Gasteiger partial charge < -0.3 is 15.7 Å². The van der Waals surface area contributed by atoms with E-state index in [1.54, 1.807) is 6.20 Å². The lowest BCUT2D eigenvalue weighted by Gasteiger charge is -2.23. The third kappa shape index (κ3) is 1.11. The van der Waals surface area contributed by atoms with Crippen LogP contribution in [0.4, 0.5) is 0 Å². The number of rotatable bonds is 0. The summed E-state index contributed by atoms with van der Waals surface area (Å²) in [7, 11) is 3.51. The summed E-state index contributed by atoms with van der Waals surface area (Å²) in [6.07, 6.45) is 0.719. The minimum atomic E-state index is -0.927. The van der Waals surface area contributed by atoms with Crippen LogP contribution in [0, 0.1) is 7.05 Å². The van der Waals surface area contributed by atoms with Gasteiger partial charge in [0, 0.05) is 18.8 Å². The summed E-state index contributed by atoms with van der Waals surface area (Å²) in [5.74, 6) is 0.368. The molecule has 0 bridgehead atoms. The van der Waals surface area contributed by atoms with Crippen molar-refractivity contribution in [3.63, 3.8) is 0 Å². The maximum atomic E-state index is 9.02. The van der Waals surface area contributed by atoms with E-state index in [1.165, 1.54) is 4.90 Å². The third-order valence-electron chi connectivity index (χ3n) is 1.31. The Labute approximate surface area is 59.7 Å². The molecule has 0 spiro atoms. The molecule has 4 heteroatoms. The van der Waals surface area contributed by atoms with E-state index >= 15 is 0 Å². The van der Waals surface area contributed by atoms with Crippen LogP contribution in [-0.2, 0) is 0 Å². The van der Waals surface area contributed by atoms with Crippen LogP contribution < -0.4 is 5.73 Å². The van der Waals surface area contributed by atoms with E-state index < -0.39 is 6.35 Å². The number of aliphatic hydroxyl groups excluding tert-OH is 1. The molecular formula is C6H10N3O. The Kier molecular flexibility index (Phi) is 1.63. The number of nitrogens with two attached hydrogens (primary N) is 1. The Morgan fingerprint density at radius 2 is 2.50 bits per heavy atom. The van der Waals surface area contributed by atoms with Gasteiger partial charge >= 0.3 is 0 Å². The maximum absolute atomic E-state index is 9.02. The number of hydrogen-bond donors (Lipinski definition) is 2. The number of amidine groups is 1. The molecule has 0 aliphatic carbocycles. The van der Waals surface area contributed by atoms with Gasteiger partial charge in [-0.05, 0) is 6.92 Å². The minimum absolute atomic E-state index is 0.368. The molecular weight excluding hydrogens is 130 g/mol. The SMILES string of the molecule is [CH2]N1C=C(C)C(N)=NC1O. The molecule has 1 rings (SSSR count). The fraction of sp³-hybridized carbons (Fsp3) is 0.333. The van der Waals surface area contributed by atoms with E-state index in [1.807, 2.05) is 6.92 Å². The molecule has 1 unspecified atom stereocenters. The zero-order valence-corrected chi connectivity index (χ0v) is 5.78. The van der Waals surface area contributed by atoms with Gasteiger partial charge in [0.25, 0.3) is 0 Å². The molecule has 0 fully saturated rings. The summed E-state index contributed by atoms with van der Waals surface area (Å²) >= 11 is 0. The minimum Gasteiger partial charge on any atom is -0.384 e. The predicted octanol–water partition coefficient (Wildman–Crippen LogP) is -0.370. The third-order valence-corrected chi connectivity index (χ3v) is 1.31. The van der Waals surface area contributed by atoms with Gasteiger partial charge in [-0.3, -0.25) is 0 Å². The van der Waals surface area contributed by atoms with E-state index in [9.17, 15) is 0 Å². The topological polar surface area (TPSA) is 61.8 Å². The van der Waals surface area contributed by atoms with Gasteiger partial charge in [-0.1, -0.05) is 0 Å². The second kappa shape index (κ2) is 2.30. The van der Waals surface area contributed by atoms with E-state index in [0.29, 0.717) is 5.84 Å². The van der Waals surface area contributed by atoms with E-state index in [2.05, 4.69) is 12.0 Å². The number of nitrogens with zero attached hydrogens (tertiary/aromatic N) is 2. The summed E-state index contributed by atoms with van der Waals surface area (Å²) in [5.41, 5.74) is 6.22. The van der Waals surface area contributed by atoms with Crippen molar-refractivity contribution in [2.24, 2.45) is 10.7 Å². The van der Waals surface area contributed by atoms with Gasteiger partial charge in [0.15, 0.2) is 0 Å². The lowest BCUT2D eigenvalue weighted by Crippen LogP contribution is -2.32. The first-order valence-electron chi connectivity index (χ1n) is 2.90. The standard InChI is InChI=1S/C6H10N3O/c1-4-3-9(2)6(10)8-5(4)7/h3,6,10H,2H2,1H3,(H2,7,8).